The highest BCUT2D eigenvalue weighted by Crippen LogP contribution is 2.11. The van der Waals surface area contributed by atoms with E-state index in [0.29, 0.717) is 23.8 Å². The maximum atomic E-state index is 4.43. The summed E-state index contributed by atoms with van der Waals surface area (Å²) in [4.78, 5) is 13.2. The lowest BCUT2D eigenvalue weighted by Gasteiger charge is -2.14. The van der Waals surface area contributed by atoms with Crippen molar-refractivity contribution in [1.82, 2.24) is 24.7 Å². The van der Waals surface area contributed by atoms with E-state index in [-0.39, 0.29) is 0 Å². The van der Waals surface area contributed by atoms with E-state index in [1.807, 2.05) is 19.2 Å². The Hall–Kier alpha value is -2.18. The molecule has 0 saturated heterocycles. The number of rotatable bonds is 8. The molecule has 114 valence electrons. The highest BCUT2D eigenvalue weighted by Gasteiger charge is 2.09. The van der Waals surface area contributed by atoms with Gasteiger partial charge in [-0.15, -0.1) is 0 Å². The fourth-order valence-corrected chi connectivity index (χ4v) is 1.98. The molecule has 0 atom stereocenters. The van der Waals surface area contributed by atoms with Crippen LogP contribution in [0.3, 0.4) is 0 Å². The third kappa shape index (κ3) is 4.14. The third-order valence-corrected chi connectivity index (χ3v) is 3.37. The number of anilines is 2. The first-order valence-electron chi connectivity index (χ1n) is 7.50. The first-order valence-corrected chi connectivity index (χ1v) is 7.50. The monoisotopic (exact) mass is 289 g/mol. The molecule has 0 spiro atoms. The van der Waals surface area contributed by atoms with Crippen molar-refractivity contribution < 1.29 is 0 Å². The topological polar surface area (TPSA) is 80.5 Å². The molecule has 7 nitrogen and oxygen atoms in total. The summed E-state index contributed by atoms with van der Waals surface area (Å²) in [7, 11) is 0. The van der Waals surface area contributed by atoms with Gasteiger partial charge in [0.2, 0.25) is 11.9 Å². The zero-order valence-corrected chi connectivity index (χ0v) is 12.9. The van der Waals surface area contributed by atoms with Gasteiger partial charge < -0.3 is 10.6 Å². The minimum Gasteiger partial charge on any atom is -0.354 e. The van der Waals surface area contributed by atoms with Gasteiger partial charge in [-0.3, -0.25) is 0 Å². The van der Waals surface area contributed by atoms with E-state index in [1.54, 1.807) is 10.9 Å². The van der Waals surface area contributed by atoms with Gasteiger partial charge >= 0.3 is 0 Å². The zero-order valence-electron chi connectivity index (χ0n) is 12.9. The van der Waals surface area contributed by atoms with E-state index in [4.69, 9.17) is 0 Å². The van der Waals surface area contributed by atoms with Crippen molar-refractivity contribution in [3.8, 4) is 5.95 Å². The van der Waals surface area contributed by atoms with Crippen molar-refractivity contribution in [2.45, 2.75) is 33.6 Å². The van der Waals surface area contributed by atoms with Crippen molar-refractivity contribution in [1.29, 1.82) is 0 Å². The molecule has 0 fully saturated rings. The number of nitrogens with zero attached hydrogens (tertiary/aromatic N) is 5. The molecule has 2 aromatic rings. The molecule has 0 radical (unpaired) electrons. The normalized spacial score (nSPS) is 10.9. The highest BCUT2D eigenvalue weighted by molar-refractivity contribution is 5.37. The van der Waals surface area contributed by atoms with Crippen molar-refractivity contribution in [2.75, 3.05) is 23.7 Å². The lowest BCUT2D eigenvalue weighted by molar-refractivity contribution is 0.517. The second-order valence-electron chi connectivity index (χ2n) is 4.83. The number of nitrogens with one attached hydrogen (secondary N) is 2. The van der Waals surface area contributed by atoms with Gasteiger partial charge in [0.25, 0.3) is 5.95 Å². The Morgan fingerprint density at radius 2 is 1.76 bits per heavy atom. The van der Waals surface area contributed by atoms with Gasteiger partial charge in [-0.25, -0.2) is 4.68 Å². The predicted molar refractivity (Wildman–Crippen MR) is 83.7 cm³/mol. The Morgan fingerprint density at radius 1 is 1.05 bits per heavy atom. The summed E-state index contributed by atoms with van der Waals surface area (Å²) in [6, 6.07) is 1.84. The van der Waals surface area contributed by atoms with Crippen molar-refractivity contribution in [3.63, 3.8) is 0 Å². The van der Waals surface area contributed by atoms with E-state index in [0.717, 1.165) is 25.9 Å². The number of hydrogen-bond acceptors (Lipinski definition) is 6. The summed E-state index contributed by atoms with van der Waals surface area (Å²) in [6.07, 6.45) is 5.80. The molecule has 0 aromatic carbocycles. The molecule has 0 aliphatic carbocycles. The Balaban J connectivity index is 2.19. The van der Waals surface area contributed by atoms with Gasteiger partial charge in [0.05, 0.1) is 0 Å². The third-order valence-electron chi connectivity index (χ3n) is 3.37. The predicted octanol–water partition coefficient (Wildman–Crippen LogP) is 2.34. The summed E-state index contributed by atoms with van der Waals surface area (Å²) < 4.78 is 1.63. The van der Waals surface area contributed by atoms with Crippen LogP contribution in [-0.4, -0.2) is 37.8 Å². The van der Waals surface area contributed by atoms with Crippen LogP contribution in [0.1, 0.15) is 33.6 Å². The lowest BCUT2D eigenvalue weighted by Crippen LogP contribution is -2.17. The lowest BCUT2D eigenvalue weighted by atomic mass is 10.0. The largest absolute Gasteiger partial charge is 0.354 e. The molecule has 0 aliphatic rings. The van der Waals surface area contributed by atoms with E-state index >= 15 is 0 Å². The second kappa shape index (κ2) is 7.56. The van der Waals surface area contributed by atoms with Crippen molar-refractivity contribution >= 4 is 11.9 Å². The van der Waals surface area contributed by atoms with Gasteiger partial charge in [0, 0.05) is 25.5 Å². The van der Waals surface area contributed by atoms with Crippen LogP contribution in [0.4, 0.5) is 11.9 Å². The summed E-state index contributed by atoms with van der Waals surface area (Å²) >= 11 is 0. The SMILES string of the molecule is CCNc1nc(NCC(CC)CC)nc(-n2cccn2)n1. The molecule has 0 unspecified atom stereocenters. The van der Waals surface area contributed by atoms with Gasteiger partial charge in [-0.05, 0) is 18.9 Å². The van der Waals surface area contributed by atoms with E-state index in [9.17, 15) is 0 Å². The first kappa shape index (κ1) is 15.2. The van der Waals surface area contributed by atoms with Gasteiger partial charge in [0.15, 0.2) is 0 Å². The van der Waals surface area contributed by atoms with Crippen LogP contribution >= 0.6 is 0 Å². The summed E-state index contributed by atoms with van der Waals surface area (Å²) in [5.74, 6) is 2.28. The molecule has 2 heterocycles. The second-order valence-corrected chi connectivity index (χ2v) is 4.83. The molecule has 2 rings (SSSR count). The Labute approximate surface area is 125 Å². The molecule has 0 saturated carbocycles. The fourth-order valence-electron chi connectivity index (χ4n) is 1.98. The Morgan fingerprint density at radius 3 is 2.33 bits per heavy atom. The van der Waals surface area contributed by atoms with E-state index < -0.39 is 0 Å². The Bertz CT molecular complexity index is 534. The van der Waals surface area contributed by atoms with Crippen LogP contribution in [0.25, 0.3) is 5.95 Å². The van der Waals surface area contributed by atoms with Crippen LogP contribution in [0.2, 0.25) is 0 Å². The highest BCUT2D eigenvalue weighted by atomic mass is 15.4. The van der Waals surface area contributed by atoms with E-state index in [2.05, 4.69) is 44.5 Å². The quantitative estimate of drug-likeness (QED) is 0.776. The van der Waals surface area contributed by atoms with Crippen LogP contribution in [0.5, 0.6) is 0 Å². The number of hydrogen-bond donors (Lipinski definition) is 2. The minimum absolute atomic E-state index is 0.512. The average molecular weight is 289 g/mol. The average Bonchev–Trinajstić information content (AvgIpc) is 3.03. The number of aromatic nitrogens is 5. The molecule has 0 aliphatic heterocycles. The van der Waals surface area contributed by atoms with Crippen LogP contribution < -0.4 is 10.6 Å². The maximum absolute atomic E-state index is 4.43. The summed E-state index contributed by atoms with van der Waals surface area (Å²) in [5, 5.41) is 10.6. The van der Waals surface area contributed by atoms with Crippen LogP contribution in [0.15, 0.2) is 18.5 Å². The van der Waals surface area contributed by atoms with Crippen molar-refractivity contribution in [3.05, 3.63) is 18.5 Å². The Kier molecular flexibility index (Phi) is 5.48. The molecule has 0 amide bonds. The molecule has 2 aromatic heterocycles. The summed E-state index contributed by atoms with van der Waals surface area (Å²) in [5.41, 5.74) is 0. The summed E-state index contributed by atoms with van der Waals surface area (Å²) in [6.45, 7) is 8.02. The van der Waals surface area contributed by atoms with Gasteiger partial charge in [-0.1, -0.05) is 26.7 Å². The molecule has 21 heavy (non-hydrogen) atoms. The van der Waals surface area contributed by atoms with Gasteiger partial charge in [0.1, 0.15) is 0 Å². The van der Waals surface area contributed by atoms with E-state index in [1.165, 1.54) is 0 Å². The van der Waals surface area contributed by atoms with Crippen LogP contribution in [-0.2, 0) is 0 Å². The standard InChI is InChI=1S/C14H23N7/c1-4-11(5-2)10-16-13-18-12(15-6-3)19-14(20-13)21-9-7-8-17-21/h7-9,11H,4-6,10H2,1-3H3,(H2,15,16,18,19,20). The molecular formula is C14H23N7. The molecular weight excluding hydrogens is 266 g/mol. The molecule has 0 bridgehead atoms. The first-order chi connectivity index (χ1) is 10.3. The fraction of sp³-hybridized carbons (Fsp3) is 0.571. The smallest absolute Gasteiger partial charge is 0.257 e. The van der Waals surface area contributed by atoms with Crippen LogP contribution in [0, 0.1) is 5.92 Å². The molecule has 7 heteroatoms. The maximum Gasteiger partial charge on any atom is 0.257 e. The zero-order chi connectivity index (χ0) is 15.1. The van der Waals surface area contributed by atoms with Crippen molar-refractivity contribution in [2.24, 2.45) is 5.92 Å². The minimum atomic E-state index is 0.512. The van der Waals surface area contributed by atoms with Gasteiger partial charge in [-0.2, -0.15) is 20.1 Å². The molecule has 2 N–H and O–H groups in total.